The normalized spacial score (nSPS) is 14.3. The highest BCUT2D eigenvalue weighted by Crippen LogP contribution is 2.32. The molecule has 0 amide bonds. The van der Waals surface area contributed by atoms with Gasteiger partial charge >= 0.3 is 0 Å². The van der Waals surface area contributed by atoms with Crippen LogP contribution in [0.4, 0.5) is 11.5 Å². The van der Waals surface area contributed by atoms with Crippen molar-refractivity contribution in [2.24, 2.45) is 5.92 Å². The molecule has 0 unspecified atom stereocenters. The third-order valence-corrected chi connectivity index (χ3v) is 4.03. The van der Waals surface area contributed by atoms with Gasteiger partial charge in [-0.1, -0.05) is 29.3 Å². The Bertz CT molecular complexity index is 655. The lowest BCUT2D eigenvalue weighted by molar-refractivity contribution is 0.771. The van der Waals surface area contributed by atoms with Gasteiger partial charge in [-0.3, -0.25) is 0 Å². The summed E-state index contributed by atoms with van der Waals surface area (Å²) in [5, 5.41) is 3.91. The summed E-state index contributed by atoms with van der Waals surface area (Å²) >= 11 is 6.13. The number of hydrogen-bond donors (Lipinski definition) is 1. The summed E-state index contributed by atoms with van der Waals surface area (Å²) < 4.78 is 0. The van der Waals surface area contributed by atoms with E-state index >= 15 is 0 Å². The standard InChI is InChI=1S/C17H20ClN3/c1-10-6-11(2)17(12(3)7-10)21-16-9-14(18)19-15(20-16)8-13-4-5-13/h6-7,9,13H,4-5,8H2,1-3H3,(H,19,20,21). The summed E-state index contributed by atoms with van der Waals surface area (Å²) in [7, 11) is 0. The molecule has 1 saturated carbocycles. The van der Waals surface area contributed by atoms with Gasteiger partial charge in [0, 0.05) is 18.2 Å². The molecule has 1 aliphatic carbocycles. The molecule has 1 aromatic carbocycles. The van der Waals surface area contributed by atoms with Crippen molar-refractivity contribution in [1.29, 1.82) is 0 Å². The van der Waals surface area contributed by atoms with Gasteiger partial charge in [0.05, 0.1) is 0 Å². The zero-order valence-electron chi connectivity index (χ0n) is 12.7. The van der Waals surface area contributed by atoms with Crippen LogP contribution in [0.25, 0.3) is 0 Å². The maximum atomic E-state index is 6.13. The van der Waals surface area contributed by atoms with Crippen molar-refractivity contribution in [3.05, 3.63) is 45.9 Å². The molecule has 1 aliphatic rings. The first kappa shape index (κ1) is 14.3. The van der Waals surface area contributed by atoms with Gasteiger partial charge in [-0.05, 0) is 50.7 Å². The highest BCUT2D eigenvalue weighted by atomic mass is 35.5. The van der Waals surface area contributed by atoms with Gasteiger partial charge in [0.2, 0.25) is 0 Å². The minimum atomic E-state index is 0.505. The predicted octanol–water partition coefficient (Wildman–Crippen LogP) is 4.75. The van der Waals surface area contributed by atoms with E-state index in [1.54, 1.807) is 6.07 Å². The molecule has 0 radical (unpaired) electrons. The first-order valence-corrected chi connectivity index (χ1v) is 7.77. The van der Waals surface area contributed by atoms with Crippen LogP contribution in [0.2, 0.25) is 5.15 Å². The Balaban J connectivity index is 1.88. The molecular formula is C17H20ClN3. The van der Waals surface area contributed by atoms with E-state index in [1.165, 1.54) is 29.5 Å². The fourth-order valence-electron chi connectivity index (χ4n) is 2.71. The summed E-state index contributed by atoms with van der Waals surface area (Å²) in [6.07, 6.45) is 3.50. The van der Waals surface area contributed by atoms with Crippen molar-refractivity contribution in [2.45, 2.75) is 40.0 Å². The van der Waals surface area contributed by atoms with E-state index in [0.717, 1.165) is 29.7 Å². The number of nitrogens with one attached hydrogen (secondary N) is 1. The zero-order valence-corrected chi connectivity index (χ0v) is 13.5. The predicted molar refractivity (Wildman–Crippen MR) is 87.4 cm³/mol. The Morgan fingerprint density at radius 3 is 2.38 bits per heavy atom. The fraction of sp³-hybridized carbons (Fsp3) is 0.412. The molecule has 0 aliphatic heterocycles. The maximum Gasteiger partial charge on any atom is 0.135 e. The first-order valence-electron chi connectivity index (χ1n) is 7.39. The summed E-state index contributed by atoms with van der Waals surface area (Å²) in [5.74, 6) is 2.37. The SMILES string of the molecule is Cc1cc(C)c(Nc2cc(Cl)nc(CC3CC3)n2)c(C)c1. The molecule has 4 heteroatoms. The van der Waals surface area contributed by atoms with Crippen molar-refractivity contribution in [1.82, 2.24) is 9.97 Å². The molecule has 3 rings (SSSR count). The molecule has 21 heavy (non-hydrogen) atoms. The molecule has 3 nitrogen and oxygen atoms in total. The third kappa shape index (κ3) is 3.53. The Morgan fingerprint density at radius 2 is 1.76 bits per heavy atom. The molecule has 1 heterocycles. The highest BCUT2D eigenvalue weighted by Gasteiger charge is 2.23. The van der Waals surface area contributed by atoms with Crippen molar-refractivity contribution in [3.63, 3.8) is 0 Å². The van der Waals surface area contributed by atoms with Crippen LogP contribution >= 0.6 is 11.6 Å². The van der Waals surface area contributed by atoms with E-state index in [0.29, 0.717) is 5.15 Å². The summed E-state index contributed by atoms with van der Waals surface area (Å²) in [6.45, 7) is 6.32. The van der Waals surface area contributed by atoms with Crippen molar-refractivity contribution >= 4 is 23.1 Å². The van der Waals surface area contributed by atoms with Crippen LogP contribution < -0.4 is 5.32 Å². The van der Waals surface area contributed by atoms with Crippen molar-refractivity contribution in [3.8, 4) is 0 Å². The van der Waals surface area contributed by atoms with E-state index < -0.39 is 0 Å². The van der Waals surface area contributed by atoms with Gasteiger partial charge in [0.25, 0.3) is 0 Å². The average Bonchev–Trinajstić information content (AvgIpc) is 3.17. The second kappa shape index (κ2) is 5.64. The number of benzene rings is 1. The lowest BCUT2D eigenvalue weighted by atomic mass is 10.1. The van der Waals surface area contributed by atoms with Gasteiger partial charge in [-0.25, -0.2) is 9.97 Å². The quantitative estimate of drug-likeness (QED) is 0.828. The lowest BCUT2D eigenvalue weighted by Crippen LogP contribution is -2.03. The highest BCUT2D eigenvalue weighted by molar-refractivity contribution is 6.29. The monoisotopic (exact) mass is 301 g/mol. The largest absolute Gasteiger partial charge is 0.340 e. The molecule has 0 saturated heterocycles. The van der Waals surface area contributed by atoms with Crippen LogP contribution in [0.1, 0.15) is 35.4 Å². The first-order chi connectivity index (χ1) is 10.0. The van der Waals surface area contributed by atoms with Gasteiger partial charge in [0.15, 0.2) is 0 Å². The third-order valence-electron chi connectivity index (χ3n) is 3.84. The number of hydrogen-bond acceptors (Lipinski definition) is 3. The van der Waals surface area contributed by atoms with E-state index in [-0.39, 0.29) is 0 Å². The maximum absolute atomic E-state index is 6.13. The van der Waals surface area contributed by atoms with Crippen molar-refractivity contribution in [2.75, 3.05) is 5.32 Å². The zero-order chi connectivity index (χ0) is 15.0. The Kier molecular flexibility index (Phi) is 3.85. The molecule has 2 aromatic rings. The van der Waals surface area contributed by atoms with Crippen LogP contribution in [0.5, 0.6) is 0 Å². The Labute approximate surface area is 130 Å². The van der Waals surface area contributed by atoms with E-state index in [1.807, 2.05) is 0 Å². The van der Waals surface area contributed by atoms with Crippen molar-refractivity contribution < 1.29 is 0 Å². The Hall–Kier alpha value is -1.61. The molecular weight excluding hydrogens is 282 g/mol. The summed E-state index contributed by atoms with van der Waals surface area (Å²) in [4.78, 5) is 8.94. The number of rotatable bonds is 4. The molecule has 0 spiro atoms. The summed E-state index contributed by atoms with van der Waals surface area (Å²) in [6, 6.07) is 6.13. The molecule has 1 fully saturated rings. The molecule has 1 N–H and O–H groups in total. The van der Waals surface area contributed by atoms with E-state index in [2.05, 4.69) is 48.2 Å². The summed E-state index contributed by atoms with van der Waals surface area (Å²) in [5.41, 5.74) is 4.80. The smallest absolute Gasteiger partial charge is 0.135 e. The number of nitrogens with zero attached hydrogens (tertiary/aromatic N) is 2. The molecule has 0 bridgehead atoms. The number of halogens is 1. The van der Waals surface area contributed by atoms with Gasteiger partial charge < -0.3 is 5.32 Å². The number of aryl methyl sites for hydroxylation is 3. The van der Waals surface area contributed by atoms with Gasteiger partial charge in [0.1, 0.15) is 16.8 Å². The fourth-order valence-corrected chi connectivity index (χ4v) is 2.91. The van der Waals surface area contributed by atoms with Crippen LogP contribution in [0, 0.1) is 26.7 Å². The van der Waals surface area contributed by atoms with Crippen LogP contribution in [-0.4, -0.2) is 9.97 Å². The van der Waals surface area contributed by atoms with Crippen LogP contribution in [0.15, 0.2) is 18.2 Å². The van der Waals surface area contributed by atoms with Crippen LogP contribution in [0.3, 0.4) is 0 Å². The molecule has 0 atom stereocenters. The molecule has 1 aromatic heterocycles. The lowest BCUT2D eigenvalue weighted by Gasteiger charge is -2.14. The number of anilines is 2. The number of aromatic nitrogens is 2. The van der Waals surface area contributed by atoms with Gasteiger partial charge in [-0.15, -0.1) is 0 Å². The van der Waals surface area contributed by atoms with Gasteiger partial charge in [-0.2, -0.15) is 0 Å². The van der Waals surface area contributed by atoms with E-state index in [4.69, 9.17) is 11.6 Å². The average molecular weight is 302 g/mol. The van der Waals surface area contributed by atoms with E-state index in [9.17, 15) is 0 Å². The minimum absolute atomic E-state index is 0.505. The topological polar surface area (TPSA) is 37.8 Å². The second-order valence-corrected chi connectivity index (χ2v) is 6.43. The molecule has 110 valence electrons. The minimum Gasteiger partial charge on any atom is -0.340 e. The second-order valence-electron chi connectivity index (χ2n) is 6.04. The Morgan fingerprint density at radius 1 is 1.10 bits per heavy atom. The van der Waals surface area contributed by atoms with Crippen LogP contribution in [-0.2, 0) is 6.42 Å².